The average Bonchev–Trinajstić information content (AvgIpc) is 2.73. The van der Waals surface area contributed by atoms with Crippen LogP contribution in [0, 0.1) is 10.1 Å². The molecule has 3 rings (SSSR count). The van der Waals surface area contributed by atoms with E-state index >= 15 is 0 Å². The standard InChI is InChI=1S/C22H26N2O6/c1-28-11-12-30-20-14-18(24(26)27)17(13-19(20)29-2)21(25)23-15-22(9-6-10-22)16-7-4-3-5-8-16/h3-5,7-8,13-14H,6,9-12,15H2,1-2H3,(H,23,25). The smallest absolute Gasteiger partial charge is 0.286 e. The predicted octanol–water partition coefficient (Wildman–Crippen LogP) is 3.48. The molecule has 1 aliphatic rings. The lowest BCUT2D eigenvalue weighted by Gasteiger charge is -2.42. The Hall–Kier alpha value is -3.13. The highest BCUT2D eigenvalue weighted by Gasteiger charge is 2.39. The molecular weight excluding hydrogens is 388 g/mol. The first-order valence-corrected chi connectivity index (χ1v) is 9.82. The molecule has 1 amide bonds. The van der Waals surface area contributed by atoms with Crippen molar-refractivity contribution < 1.29 is 23.9 Å². The number of benzene rings is 2. The zero-order valence-corrected chi connectivity index (χ0v) is 17.2. The Labute approximate surface area is 175 Å². The van der Waals surface area contributed by atoms with Gasteiger partial charge in [0.05, 0.1) is 24.7 Å². The second kappa shape index (κ2) is 9.58. The van der Waals surface area contributed by atoms with Gasteiger partial charge in [-0.2, -0.15) is 0 Å². The molecule has 2 aromatic carbocycles. The number of carbonyl (C=O) groups is 1. The molecule has 0 heterocycles. The van der Waals surface area contributed by atoms with Gasteiger partial charge in [0.15, 0.2) is 11.5 Å². The van der Waals surface area contributed by atoms with Crippen molar-refractivity contribution in [2.75, 3.05) is 34.0 Å². The summed E-state index contributed by atoms with van der Waals surface area (Å²) in [5.41, 5.74) is 0.658. The molecule has 0 bridgehead atoms. The van der Waals surface area contributed by atoms with Crippen LogP contribution in [0.5, 0.6) is 11.5 Å². The van der Waals surface area contributed by atoms with Gasteiger partial charge in [-0.1, -0.05) is 36.8 Å². The van der Waals surface area contributed by atoms with E-state index in [0.717, 1.165) is 19.3 Å². The summed E-state index contributed by atoms with van der Waals surface area (Å²) in [7, 11) is 2.95. The van der Waals surface area contributed by atoms with E-state index in [9.17, 15) is 14.9 Å². The number of nitrogens with zero attached hydrogens (tertiary/aromatic N) is 1. The third kappa shape index (κ3) is 4.54. The van der Waals surface area contributed by atoms with Gasteiger partial charge in [0, 0.05) is 25.1 Å². The molecule has 0 spiro atoms. The van der Waals surface area contributed by atoms with E-state index in [2.05, 4.69) is 17.4 Å². The van der Waals surface area contributed by atoms with E-state index in [1.807, 2.05) is 18.2 Å². The lowest BCUT2D eigenvalue weighted by atomic mass is 9.64. The molecule has 30 heavy (non-hydrogen) atoms. The number of nitro groups is 1. The van der Waals surface area contributed by atoms with Gasteiger partial charge in [-0.25, -0.2) is 0 Å². The summed E-state index contributed by atoms with van der Waals surface area (Å²) in [6, 6.07) is 12.6. The summed E-state index contributed by atoms with van der Waals surface area (Å²) < 4.78 is 15.7. The number of hydrogen-bond donors (Lipinski definition) is 1. The number of amides is 1. The molecule has 0 aromatic heterocycles. The molecule has 1 saturated carbocycles. The van der Waals surface area contributed by atoms with E-state index < -0.39 is 10.8 Å². The van der Waals surface area contributed by atoms with Crippen molar-refractivity contribution in [1.29, 1.82) is 0 Å². The monoisotopic (exact) mass is 414 g/mol. The van der Waals surface area contributed by atoms with Crippen LogP contribution in [0.25, 0.3) is 0 Å². The van der Waals surface area contributed by atoms with Crippen molar-refractivity contribution in [2.45, 2.75) is 24.7 Å². The van der Waals surface area contributed by atoms with E-state index in [1.165, 1.54) is 31.9 Å². The molecule has 8 nitrogen and oxygen atoms in total. The third-order valence-electron chi connectivity index (χ3n) is 5.55. The van der Waals surface area contributed by atoms with Crippen molar-refractivity contribution in [3.8, 4) is 11.5 Å². The first-order chi connectivity index (χ1) is 14.5. The maximum Gasteiger partial charge on any atom is 0.286 e. The van der Waals surface area contributed by atoms with Gasteiger partial charge < -0.3 is 19.5 Å². The number of hydrogen-bond acceptors (Lipinski definition) is 6. The number of nitro benzene ring substituents is 1. The Kier molecular flexibility index (Phi) is 6.89. The van der Waals surface area contributed by atoms with Gasteiger partial charge >= 0.3 is 0 Å². The number of nitrogens with one attached hydrogen (secondary N) is 1. The van der Waals surface area contributed by atoms with Crippen LogP contribution in [0.3, 0.4) is 0 Å². The van der Waals surface area contributed by atoms with E-state index in [4.69, 9.17) is 14.2 Å². The predicted molar refractivity (Wildman–Crippen MR) is 111 cm³/mol. The molecule has 0 aliphatic heterocycles. The van der Waals surface area contributed by atoms with Crippen LogP contribution in [-0.2, 0) is 10.2 Å². The van der Waals surface area contributed by atoms with Crippen molar-refractivity contribution in [2.24, 2.45) is 0 Å². The van der Waals surface area contributed by atoms with Gasteiger partial charge in [-0.3, -0.25) is 14.9 Å². The van der Waals surface area contributed by atoms with Crippen LogP contribution in [0.1, 0.15) is 35.2 Å². The van der Waals surface area contributed by atoms with E-state index in [0.29, 0.717) is 13.2 Å². The maximum atomic E-state index is 12.9. The fourth-order valence-electron chi connectivity index (χ4n) is 3.70. The Morgan fingerprint density at radius 2 is 1.87 bits per heavy atom. The lowest BCUT2D eigenvalue weighted by Crippen LogP contribution is -2.45. The molecule has 160 valence electrons. The summed E-state index contributed by atoms with van der Waals surface area (Å²) in [6.07, 6.45) is 3.02. The molecule has 0 radical (unpaired) electrons. The number of ether oxygens (including phenoxy) is 3. The summed E-state index contributed by atoms with van der Waals surface area (Å²) in [5, 5.41) is 14.5. The van der Waals surface area contributed by atoms with Crippen LogP contribution in [0.2, 0.25) is 0 Å². The Balaban J connectivity index is 1.81. The quantitative estimate of drug-likeness (QED) is 0.363. The van der Waals surface area contributed by atoms with E-state index in [-0.39, 0.29) is 34.8 Å². The van der Waals surface area contributed by atoms with Crippen molar-refractivity contribution in [3.05, 3.63) is 63.7 Å². The van der Waals surface area contributed by atoms with Gasteiger partial charge in [-0.15, -0.1) is 0 Å². The zero-order valence-electron chi connectivity index (χ0n) is 17.2. The van der Waals surface area contributed by atoms with Crippen molar-refractivity contribution in [1.82, 2.24) is 5.32 Å². The summed E-state index contributed by atoms with van der Waals surface area (Å²) in [4.78, 5) is 23.9. The Bertz CT molecular complexity index is 896. The van der Waals surface area contributed by atoms with Crippen LogP contribution in [-0.4, -0.2) is 44.8 Å². The van der Waals surface area contributed by atoms with Gasteiger partial charge in [0.1, 0.15) is 12.2 Å². The number of carbonyl (C=O) groups excluding carboxylic acids is 1. The summed E-state index contributed by atoms with van der Waals surface area (Å²) in [5.74, 6) is -0.0635. The van der Waals surface area contributed by atoms with Gasteiger partial charge in [-0.05, 0) is 18.4 Å². The molecule has 1 fully saturated rings. The van der Waals surface area contributed by atoms with E-state index in [1.54, 1.807) is 0 Å². The molecule has 0 unspecified atom stereocenters. The van der Waals surface area contributed by atoms with Gasteiger partial charge in [0.2, 0.25) is 0 Å². The summed E-state index contributed by atoms with van der Waals surface area (Å²) >= 11 is 0. The minimum atomic E-state index is -0.589. The SMILES string of the molecule is COCCOc1cc([N+](=O)[O-])c(C(=O)NCC2(c3ccccc3)CCC2)cc1OC. The first kappa shape index (κ1) is 21.6. The maximum absolute atomic E-state index is 12.9. The largest absolute Gasteiger partial charge is 0.493 e. The highest BCUT2D eigenvalue weighted by Crippen LogP contribution is 2.43. The second-order valence-electron chi connectivity index (χ2n) is 7.30. The topological polar surface area (TPSA) is 99.9 Å². The Morgan fingerprint density at radius 1 is 1.13 bits per heavy atom. The van der Waals surface area contributed by atoms with Crippen molar-refractivity contribution >= 4 is 11.6 Å². The number of methoxy groups -OCH3 is 2. The first-order valence-electron chi connectivity index (χ1n) is 9.82. The highest BCUT2D eigenvalue weighted by atomic mass is 16.6. The molecule has 1 N–H and O–H groups in total. The average molecular weight is 414 g/mol. The fraction of sp³-hybridized carbons (Fsp3) is 0.409. The molecule has 1 aliphatic carbocycles. The second-order valence-corrected chi connectivity index (χ2v) is 7.30. The summed E-state index contributed by atoms with van der Waals surface area (Å²) in [6.45, 7) is 0.942. The van der Waals surface area contributed by atoms with Crippen molar-refractivity contribution in [3.63, 3.8) is 0 Å². The molecule has 0 saturated heterocycles. The van der Waals surface area contributed by atoms with Crippen LogP contribution in [0.4, 0.5) is 5.69 Å². The number of rotatable bonds is 10. The molecular formula is C22H26N2O6. The molecule has 2 aromatic rings. The fourth-order valence-corrected chi connectivity index (χ4v) is 3.70. The zero-order chi connectivity index (χ0) is 21.6. The normalized spacial score (nSPS) is 14.5. The van der Waals surface area contributed by atoms with Crippen LogP contribution < -0.4 is 14.8 Å². The minimum absolute atomic E-state index is 0.0570. The molecule has 0 atom stereocenters. The lowest BCUT2D eigenvalue weighted by molar-refractivity contribution is -0.385. The minimum Gasteiger partial charge on any atom is -0.493 e. The third-order valence-corrected chi connectivity index (χ3v) is 5.55. The van der Waals surface area contributed by atoms with Gasteiger partial charge in [0.25, 0.3) is 11.6 Å². The Morgan fingerprint density at radius 3 is 2.43 bits per heavy atom. The van der Waals surface area contributed by atoms with Crippen LogP contribution in [0.15, 0.2) is 42.5 Å². The molecule has 8 heteroatoms. The van der Waals surface area contributed by atoms with Crippen LogP contribution >= 0.6 is 0 Å². The highest BCUT2D eigenvalue weighted by molar-refractivity contribution is 5.99.